The topological polar surface area (TPSA) is 97.0 Å². The van der Waals surface area contributed by atoms with E-state index in [0.29, 0.717) is 33.3 Å². The molecule has 3 aromatic carbocycles. The number of anilines is 1. The van der Waals surface area contributed by atoms with Crippen LogP contribution in [0.1, 0.15) is 11.1 Å². The molecule has 0 aromatic heterocycles. The van der Waals surface area contributed by atoms with Gasteiger partial charge in [-0.05, 0) is 53.6 Å². The van der Waals surface area contributed by atoms with E-state index in [1.807, 2.05) is 0 Å². The highest BCUT2D eigenvalue weighted by Gasteiger charge is 2.54. The predicted molar refractivity (Wildman–Crippen MR) is 132 cm³/mol. The molecule has 180 valence electrons. The largest absolute Gasteiger partial charge is 0.497 e. The molecule has 1 saturated heterocycles. The van der Waals surface area contributed by atoms with Crippen molar-refractivity contribution in [2.24, 2.45) is 0 Å². The summed E-state index contributed by atoms with van der Waals surface area (Å²) in [6, 6.07) is 17.4. The van der Waals surface area contributed by atoms with E-state index in [-0.39, 0.29) is 5.02 Å². The Bertz CT molecular complexity index is 1230. The summed E-state index contributed by atoms with van der Waals surface area (Å²) >= 11 is 12.0. The smallest absolute Gasteiger partial charge is 0.326 e. The number of methoxy groups -OCH3 is 2. The Labute approximate surface area is 211 Å². The summed E-state index contributed by atoms with van der Waals surface area (Å²) in [5, 5.41) is 6.04. The molecule has 0 unspecified atom stereocenters. The molecule has 0 atom stereocenters. The Morgan fingerprint density at radius 1 is 0.914 bits per heavy atom. The van der Waals surface area contributed by atoms with Crippen LogP contribution in [-0.2, 0) is 15.1 Å². The van der Waals surface area contributed by atoms with E-state index in [1.54, 1.807) is 54.6 Å². The van der Waals surface area contributed by atoms with E-state index < -0.39 is 29.9 Å². The van der Waals surface area contributed by atoms with Gasteiger partial charge in [-0.3, -0.25) is 14.5 Å². The molecular weight excluding hydrogens is 493 g/mol. The minimum atomic E-state index is -1.55. The van der Waals surface area contributed by atoms with Crippen molar-refractivity contribution in [1.82, 2.24) is 10.2 Å². The minimum Gasteiger partial charge on any atom is -0.497 e. The number of rotatable bonds is 7. The number of urea groups is 1. The van der Waals surface area contributed by atoms with Crippen molar-refractivity contribution < 1.29 is 23.9 Å². The maximum absolute atomic E-state index is 13.8. The lowest BCUT2D eigenvalue weighted by Gasteiger charge is -2.28. The fourth-order valence-electron chi connectivity index (χ4n) is 3.88. The number of nitrogens with one attached hydrogen (secondary N) is 2. The van der Waals surface area contributed by atoms with Gasteiger partial charge in [0.25, 0.3) is 5.91 Å². The molecule has 0 aliphatic carbocycles. The lowest BCUT2D eigenvalue weighted by Crippen LogP contribution is -2.45. The fourth-order valence-corrected chi connectivity index (χ4v) is 4.34. The normalized spacial score (nSPS) is 14.5. The number of amides is 4. The first kappa shape index (κ1) is 24.4. The van der Waals surface area contributed by atoms with Gasteiger partial charge in [-0.2, -0.15) is 0 Å². The van der Waals surface area contributed by atoms with Crippen LogP contribution < -0.4 is 20.1 Å². The van der Waals surface area contributed by atoms with Crippen LogP contribution in [0.2, 0.25) is 10.0 Å². The number of hydrogen-bond acceptors (Lipinski definition) is 5. The zero-order chi connectivity index (χ0) is 25.2. The van der Waals surface area contributed by atoms with Crippen LogP contribution in [0.4, 0.5) is 10.5 Å². The molecule has 4 amide bonds. The molecule has 4 rings (SSSR count). The fraction of sp³-hybridized carbons (Fsp3) is 0.160. The Hall–Kier alpha value is -3.75. The third-order valence-electron chi connectivity index (χ3n) is 5.66. The quantitative estimate of drug-likeness (QED) is 0.455. The van der Waals surface area contributed by atoms with Crippen molar-refractivity contribution in [2.45, 2.75) is 5.54 Å². The van der Waals surface area contributed by atoms with Crippen molar-refractivity contribution in [3.05, 3.63) is 87.9 Å². The van der Waals surface area contributed by atoms with Crippen LogP contribution in [0, 0.1) is 0 Å². The van der Waals surface area contributed by atoms with Gasteiger partial charge in [0, 0.05) is 5.02 Å². The van der Waals surface area contributed by atoms with Gasteiger partial charge in [-0.25, -0.2) is 4.79 Å². The van der Waals surface area contributed by atoms with Gasteiger partial charge >= 0.3 is 6.03 Å². The van der Waals surface area contributed by atoms with Crippen LogP contribution in [0.15, 0.2) is 66.7 Å². The van der Waals surface area contributed by atoms with Gasteiger partial charge < -0.3 is 20.1 Å². The summed E-state index contributed by atoms with van der Waals surface area (Å²) < 4.78 is 10.4. The van der Waals surface area contributed by atoms with Crippen LogP contribution >= 0.6 is 23.2 Å². The van der Waals surface area contributed by atoms with E-state index in [0.717, 1.165) is 4.90 Å². The molecule has 1 aliphatic heterocycles. The second kappa shape index (κ2) is 9.85. The average molecular weight is 514 g/mol. The van der Waals surface area contributed by atoms with E-state index in [1.165, 1.54) is 26.4 Å². The molecule has 1 fully saturated rings. The summed E-state index contributed by atoms with van der Waals surface area (Å²) in [5.41, 5.74) is -0.228. The number of imide groups is 1. The third kappa shape index (κ3) is 4.62. The Morgan fingerprint density at radius 3 is 1.94 bits per heavy atom. The van der Waals surface area contributed by atoms with Crippen molar-refractivity contribution in [3.63, 3.8) is 0 Å². The molecule has 2 N–H and O–H groups in total. The molecule has 1 aliphatic rings. The molecular formula is C25H21Cl2N3O5. The number of halogens is 2. The first-order valence-corrected chi connectivity index (χ1v) is 11.2. The number of ether oxygens (including phenoxy) is 2. The maximum Gasteiger partial charge on any atom is 0.326 e. The van der Waals surface area contributed by atoms with Gasteiger partial charge in [-0.1, -0.05) is 47.5 Å². The molecule has 8 nitrogen and oxygen atoms in total. The summed E-state index contributed by atoms with van der Waals surface area (Å²) in [7, 11) is 3.06. The van der Waals surface area contributed by atoms with Crippen LogP contribution in [0.5, 0.6) is 11.5 Å². The van der Waals surface area contributed by atoms with Gasteiger partial charge in [0.2, 0.25) is 5.91 Å². The summed E-state index contributed by atoms with van der Waals surface area (Å²) in [6.07, 6.45) is 0. The van der Waals surface area contributed by atoms with Crippen molar-refractivity contribution in [2.75, 3.05) is 26.1 Å². The van der Waals surface area contributed by atoms with Gasteiger partial charge in [0.1, 0.15) is 18.0 Å². The van der Waals surface area contributed by atoms with Crippen LogP contribution in [0.3, 0.4) is 0 Å². The number of nitrogens with zero attached hydrogens (tertiary/aromatic N) is 1. The Balaban J connectivity index is 1.67. The maximum atomic E-state index is 13.8. The van der Waals surface area contributed by atoms with Crippen LogP contribution in [-0.4, -0.2) is 43.5 Å². The molecule has 35 heavy (non-hydrogen) atoms. The standard InChI is InChI=1S/C25H21Cl2N3O5/c1-34-18-8-3-15(4-9-18)25(16-5-10-19(35-2)11-6-16)23(32)30(24(33)29-25)14-22(31)28-21-12-7-17(26)13-20(21)27/h3-13H,14H2,1-2H3,(H,28,31)(H,29,33). The van der Waals surface area contributed by atoms with E-state index in [9.17, 15) is 14.4 Å². The van der Waals surface area contributed by atoms with Gasteiger partial charge in [0.15, 0.2) is 5.54 Å². The van der Waals surface area contributed by atoms with Gasteiger partial charge in [-0.15, -0.1) is 0 Å². The number of benzene rings is 3. The summed E-state index contributed by atoms with van der Waals surface area (Å²) in [5.74, 6) is -0.0221. The van der Waals surface area contributed by atoms with Gasteiger partial charge in [0.05, 0.1) is 24.9 Å². The Kier molecular flexibility index (Phi) is 6.86. The molecule has 0 spiro atoms. The van der Waals surface area contributed by atoms with E-state index in [4.69, 9.17) is 32.7 Å². The zero-order valence-corrected chi connectivity index (χ0v) is 20.3. The number of carbonyl (C=O) groups is 3. The number of carbonyl (C=O) groups excluding carboxylic acids is 3. The lowest BCUT2D eigenvalue weighted by molar-refractivity contribution is -0.133. The van der Waals surface area contributed by atoms with Crippen molar-refractivity contribution in [3.8, 4) is 11.5 Å². The van der Waals surface area contributed by atoms with E-state index in [2.05, 4.69) is 10.6 Å². The molecule has 0 radical (unpaired) electrons. The third-order valence-corrected chi connectivity index (χ3v) is 6.21. The lowest BCUT2D eigenvalue weighted by atomic mass is 9.82. The second-order valence-electron chi connectivity index (χ2n) is 7.70. The highest BCUT2D eigenvalue weighted by Crippen LogP contribution is 2.37. The first-order chi connectivity index (χ1) is 16.8. The predicted octanol–water partition coefficient (Wildman–Crippen LogP) is 4.44. The zero-order valence-electron chi connectivity index (χ0n) is 18.8. The molecule has 1 heterocycles. The van der Waals surface area contributed by atoms with Crippen LogP contribution in [0.25, 0.3) is 0 Å². The molecule has 3 aromatic rings. The van der Waals surface area contributed by atoms with Crippen molar-refractivity contribution in [1.29, 1.82) is 0 Å². The SMILES string of the molecule is COc1ccc(C2(c3ccc(OC)cc3)NC(=O)N(CC(=O)Nc3ccc(Cl)cc3Cl)C2=O)cc1. The first-order valence-electron chi connectivity index (χ1n) is 10.5. The Morgan fingerprint density at radius 2 is 1.46 bits per heavy atom. The monoisotopic (exact) mass is 513 g/mol. The highest BCUT2D eigenvalue weighted by atomic mass is 35.5. The number of hydrogen-bond donors (Lipinski definition) is 2. The van der Waals surface area contributed by atoms with E-state index >= 15 is 0 Å². The average Bonchev–Trinajstić information content (AvgIpc) is 3.11. The second-order valence-corrected chi connectivity index (χ2v) is 8.54. The summed E-state index contributed by atoms with van der Waals surface area (Å²) in [4.78, 5) is 40.4. The molecule has 10 heteroatoms. The van der Waals surface area contributed by atoms with Crippen molar-refractivity contribution >= 4 is 46.7 Å². The molecule has 0 bridgehead atoms. The summed E-state index contributed by atoms with van der Waals surface area (Å²) in [6.45, 7) is -0.516. The minimum absolute atomic E-state index is 0.230. The molecule has 0 saturated carbocycles. The highest BCUT2D eigenvalue weighted by molar-refractivity contribution is 6.36.